The molecule has 29 heavy (non-hydrogen) atoms. The first-order chi connectivity index (χ1) is 14.0. The number of rotatable bonds is 9. The number of carbonyl (C=O) groups excluding carboxylic acids is 1. The van der Waals surface area contributed by atoms with E-state index in [1.165, 1.54) is 13.3 Å². The molecule has 0 saturated heterocycles. The fourth-order valence-corrected chi connectivity index (χ4v) is 2.89. The number of hydrazone groups is 1. The molecule has 0 aromatic heterocycles. The summed E-state index contributed by atoms with van der Waals surface area (Å²) in [6.07, 6.45) is 7.44. The van der Waals surface area contributed by atoms with Crippen molar-refractivity contribution in [2.75, 3.05) is 20.3 Å². The minimum Gasteiger partial charge on any atom is -0.493 e. The highest BCUT2D eigenvalue weighted by Crippen LogP contribution is 2.33. The molecule has 0 aliphatic carbocycles. The zero-order valence-corrected chi connectivity index (χ0v) is 17.5. The molecule has 0 radical (unpaired) electrons. The predicted octanol–water partition coefficient (Wildman–Crippen LogP) is 4.57. The minimum absolute atomic E-state index is 0.0503. The lowest BCUT2D eigenvalue weighted by atomic mass is 10.2. The van der Waals surface area contributed by atoms with Crippen molar-refractivity contribution in [2.45, 2.75) is 13.3 Å². The average Bonchev–Trinajstić information content (AvgIpc) is 2.71. The SMILES string of the molecule is C#CCOc1c(Cl)cc(/C=N/NC(=O)c2ccc(OCCC)c(OC)c2)cc1Cl. The molecule has 2 rings (SSSR count). The van der Waals surface area contributed by atoms with Crippen LogP contribution in [-0.4, -0.2) is 32.4 Å². The van der Waals surface area contributed by atoms with Crippen LogP contribution in [0.3, 0.4) is 0 Å². The van der Waals surface area contributed by atoms with E-state index in [4.69, 9.17) is 43.8 Å². The summed E-state index contributed by atoms with van der Waals surface area (Å²) in [5.41, 5.74) is 3.39. The number of amides is 1. The van der Waals surface area contributed by atoms with Crippen molar-refractivity contribution in [2.24, 2.45) is 5.10 Å². The van der Waals surface area contributed by atoms with E-state index in [0.29, 0.717) is 35.0 Å². The third-order valence-corrected chi connectivity index (χ3v) is 4.15. The standard InChI is InChI=1S/C21H20Cl2N2O4/c1-4-8-28-18-7-6-15(12-19(18)27-3)21(26)25-24-13-14-10-16(22)20(17(23)11-14)29-9-5-2/h2,6-7,10-13H,4,8-9H2,1,3H3,(H,25,26)/b24-13+. The average molecular weight is 435 g/mol. The van der Waals surface area contributed by atoms with Gasteiger partial charge in [-0.05, 0) is 42.3 Å². The third kappa shape index (κ3) is 6.31. The Bertz CT molecular complexity index is 916. The maximum atomic E-state index is 12.3. The van der Waals surface area contributed by atoms with Crippen LogP contribution in [0.25, 0.3) is 0 Å². The maximum Gasteiger partial charge on any atom is 0.271 e. The van der Waals surface area contributed by atoms with Gasteiger partial charge < -0.3 is 14.2 Å². The van der Waals surface area contributed by atoms with Crippen molar-refractivity contribution in [1.82, 2.24) is 5.43 Å². The van der Waals surface area contributed by atoms with E-state index in [2.05, 4.69) is 16.4 Å². The zero-order chi connectivity index (χ0) is 21.2. The van der Waals surface area contributed by atoms with Crippen LogP contribution in [0.2, 0.25) is 10.0 Å². The number of nitrogens with zero attached hydrogens (tertiary/aromatic N) is 1. The molecule has 8 heteroatoms. The fraction of sp³-hybridized carbons (Fsp3) is 0.238. The van der Waals surface area contributed by atoms with Gasteiger partial charge in [-0.1, -0.05) is 36.0 Å². The number of benzene rings is 2. The summed E-state index contributed by atoms with van der Waals surface area (Å²) in [7, 11) is 1.51. The lowest BCUT2D eigenvalue weighted by Gasteiger charge is -2.11. The molecule has 0 aliphatic rings. The van der Waals surface area contributed by atoms with Gasteiger partial charge in [0.05, 0.1) is 30.0 Å². The normalized spacial score (nSPS) is 10.4. The molecule has 0 bridgehead atoms. The lowest BCUT2D eigenvalue weighted by molar-refractivity contribution is 0.0954. The van der Waals surface area contributed by atoms with Gasteiger partial charge in [0.25, 0.3) is 5.91 Å². The number of methoxy groups -OCH3 is 1. The summed E-state index contributed by atoms with van der Waals surface area (Å²) in [6.45, 7) is 2.61. The lowest BCUT2D eigenvalue weighted by Crippen LogP contribution is -2.17. The Morgan fingerprint density at radius 2 is 1.93 bits per heavy atom. The van der Waals surface area contributed by atoms with Crippen molar-refractivity contribution in [3.63, 3.8) is 0 Å². The van der Waals surface area contributed by atoms with Crippen LogP contribution in [0.15, 0.2) is 35.4 Å². The topological polar surface area (TPSA) is 69.2 Å². The molecule has 2 aromatic rings. The smallest absolute Gasteiger partial charge is 0.271 e. The van der Waals surface area contributed by atoms with Gasteiger partial charge in [-0.15, -0.1) is 6.42 Å². The van der Waals surface area contributed by atoms with E-state index in [0.717, 1.165) is 6.42 Å². The first-order valence-electron chi connectivity index (χ1n) is 8.69. The summed E-state index contributed by atoms with van der Waals surface area (Å²) in [6, 6.07) is 8.09. The molecule has 0 unspecified atom stereocenters. The second-order valence-corrected chi connectivity index (χ2v) is 6.53. The van der Waals surface area contributed by atoms with Gasteiger partial charge in [0.1, 0.15) is 6.61 Å². The van der Waals surface area contributed by atoms with Gasteiger partial charge in [-0.25, -0.2) is 5.43 Å². The van der Waals surface area contributed by atoms with E-state index >= 15 is 0 Å². The molecule has 0 saturated carbocycles. The molecule has 0 aliphatic heterocycles. The molecule has 0 heterocycles. The quantitative estimate of drug-likeness (QED) is 0.356. The molecular weight excluding hydrogens is 415 g/mol. The third-order valence-electron chi connectivity index (χ3n) is 3.59. The van der Waals surface area contributed by atoms with Crippen LogP contribution in [0.1, 0.15) is 29.3 Å². The van der Waals surface area contributed by atoms with E-state index in [1.54, 1.807) is 30.3 Å². The van der Waals surface area contributed by atoms with Gasteiger partial charge in [0.2, 0.25) is 0 Å². The molecule has 2 aromatic carbocycles. The number of hydrogen-bond acceptors (Lipinski definition) is 5. The Balaban J connectivity index is 2.07. The van der Waals surface area contributed by atoms with Crippen LogP contribution < -0.4 is 19.6 Å². The van der Waals surface area contributed by atoms with Gasteiger partial charge >= 0.3 is 0 Å². The van der Waals surface area contributed by atoms with E-state index < -0.39 is 5.91 Å². The maximum absolute atomic E-state index is 12.3. The van der Waals surface area contributed by atoms with Crippen molar-refractivity contribution in [1.29, 1.82) is 0 Å². The fourth-order valence-electron chi connectivity index (χ4n) is 2.28. The Morgan fingerprint density at radius 1 is 1.21 bits per heavy atom. The largest absolute Gasteiger partial charge is 0.493 e. The molecule has 0 atom stereocenters. The minimum atomic E-state index is -0.409. The van der Waals surface area contributed by atoms with Crippen molar-refractivity contribution in [3.05, 3.63) is 51.5 Å². The van der Waals surface area contributed by atoms with Gasteiger partial charge in [0, 0.05) is 5.56 Å². The first-order valence-corrected chi connectivity index (χ1v) is 9.45. The Labute approximate surface area is 179 Å². The molecule has 1 N–H and O–H groups in total. The number of hydrogen-bond donors (Lipinski definition) is 1. The summed E-state index contributed by atoms with van der Waals surface area (Å²) in [4.78, 5) is 12.3. The second-order valence-electron chi connectivity index (χ2n) is 5.72. The summed E-state index contributed by atoms with van der Waals surface area (Å²) < 4.78 is 16.1. The van der Waals surface area contributed by atoms with Crippen molar-refractivity contribution >= 4 is 35.3 Å². The zero-order valence-electron chi connectivity index (χ0n) is 16.0. The number of carbonyl (C=O) groups is 1. The van der Waals surface area contributed by atoms with Crippen LogP contribution in [-0.2, 0) is 0 Å². The Morgan fingerprint density at radius 3 is 2.55 bits per heavy atom. The molecule has 152 valence electrons. The highest BCUT2D eigenvalue weighted by molar-refractivity contribution is 6.37. The van der Waals surface area contributed by atoms with Crippen molar-refractivity contribution < 1.29 is 19.0 Å². The Kier molecular flexibility index (Phi) is 8.66. The molecular formula is C21H20Cl2N2O4. The highest BCUT2D eigenvalue weighted by Gasteiger charge is 2.11. The molecule has 6 nitrogen and oxygen atoms in total. The van der Waals surface area contributed by atoms with Crippen LogP contribution >= 0.6 is 23.2 Å². The van der Waals surface area contributed by atoms with E-state index in [9.17, 15) is 4.79 Å². The number of halogens is 2. The van der Waals surface area contributed by atoms with Gasteiger partial charge in [-0.2, -0.15) is 5.10 Å². The number of nitrogens with one attached hydrogen (secondary N) is 1. The Hall–Kier alpha value is -2.88. The summed E-state index contributed by atoms with van der Waals surface area (Å²) in [5.74, 6) is 3.27. The summed E-state index contributed by atoms with van der Waals surface area (Å²) >= 11 is 12.3. The first kappa shape index (κ1) is 22.4. The highest BCUT2D eigenvalue weighted by atomic mass is 35.5. The second kappa shape index (κ2) is 11.2. The van der Waals surface area contributed by atoms with Crippen LogP contribution in [0, 0.1) is 12.3 Å². The van der Waals surface area contributed by atoms with Gasteiger partial charge in [-0.3, -0.25) is 4.79 Å². The van der Waals surface area contributed by atoms with Gasteiger partial charge in [0.15, 0.2) is 17.2 Å². The van der Waals surface area contributed by atoms with Crippen LogP contribution in [0.4, 0.5) is 0 Å². The predicted molar refractivity (Wildman–Crippen MR) is 115 cm³/mol. The van der Waals surface area contributed by atoms with E-state index in [-0.39, 0.29) is 16.7 Å². The van der Waals surface area contributed by atoms with Crippen LogP contribution in [0.5, 0.6) is 17.2 Å². The summed E-state index contributed by atoms with van der Waals surface area (Å²) in [5, 5.41) is 4.50. The van der Waals surface area contributed by atoms with E-state index in [1.807, 2.05) is 6.92 Å². The van der Waals surface area contributed by atoms with Crippen molar-refractivity contribution in [3.8, 4) is 29.6 Å². The molecule has 0 fully saturated rings. The number of ether oxygens (including phenoxy) is 3. The number of terminal acetylenes is 1. The molecule has 0 spiro atoms. The monoisotopic (exact) mass is 434 g/mol. The molecule has 1 amide bonds.